The number of benzene rings is 1. The topological polar surface area (TPSA) is 62.1 Å². The summed E-state index contributed by atoms with van der Waals surface area (Å²) in [6, 6.07) is 7.75. The van der Waals surface area contributed by atoms with Gasteiger partial charge in [-0.3, -0.25) is 4.79 Å². The zero-order valence-electron chi connectivity index (χ0n) is 17.6. The molecule has 0 aliphatic heterocycles. The molecule has 6 heteroatoms. The van der Waals surface area contributed by atoms with Gasteiger partial charge in [-0.05, 0) is 67.7 Å². The lowest BCUT2D eigenvalue weighted by Gasteiger charge is -2.33. The summed E-state index contributed by atoms with van der Waals surface area (Å²) in [5, 5.41) is 13.7. The summed E-state index contributed by atoms with van der Waals surface area (Å²) in [5.74, 6) is 0.771. The van der Waals surface area contributed by atoms with Crippen molar-refractivity contribution in [3.63, 3.8) is 0 Å². The minimum Gasteiger partial charge on any atom is -0.479 e. The number of fused-ring (bicyclic) bond motifs is 1. The predicted octanol–water partition coefficient (Wildman–Crippen LogP) is 6.14. The molecule has 0 saturated heterocycles. The number of nitrogens with zero attached hydrogens (tertiary/aromatic N) is 1. The van der Waals surface area contributed by atoms with Crippen LogP contribution in [0.2, 0.25) is 5.02 Å². The number of ether oxygens (including phenoxy) is 1. The number of thiophene rings is 1. The average Bonchev–Trinajstić information content (AvgIpc) is 2.99. The molecule has 154 valence electrons. The number of nitrogens with one attached hydrogen (secondary N) is 1. The second-order valence-corrected chi connectivity index (χ2v) is 10.3. The van der Waals surface area contributed by atoms with Crippen molar-refractivity contribution in [3.8, 4) is 11.8 Å². The Kier molecular flexibility index (Phi) is 6.26. The van der Waals surface area contributed by atoms with E-state index < -0.39 is 6.10 Å². The van der Waals surface area contributed by atoms with E-state index in [1.165, 1.54) is 16.2 Å². The second-order valence-electron chi connectivity index (χ2n) is 8.81. The van der Waals surface area contributed by atoms with E-state index in [0.717, 1.165) is 30.4 Å². The van der Waals surface area contributed by atoms with Crippen LogP contribution in [-0.2, 0) is 17.6 Å². The van der Waals surface area contributed by atoms with Crippen molar-refractivity contribution in [1.29, 1.82) is 5.26 Å². The van der Waals surface area contributed by atoms with Crippen LogP contribution < -0.4 is 10.1 Å². The molecule has 0 spiro atoms. The van der Waals surface area contributed by atoms with E-state index in [4.69, 9.17) is 16.3 Å². The Labute approximate surface area is 181 Å². The molecule has 0 unspecified atom stereocenters. The van der Waals surface area contributed by atoms with Gasteiger partial charge in [-0.15, -0.1) is 11.3 Å². The lowest BCUT2D eigenvalue weighted by molar-refractivity contribution is -0.122. The minimum atomic E-state index is -0.734. The van der Waals surface area contributed by atoms with Crippen LogP contribution >= 0.6 is 22.9 Å². The molecule has 0 radical (unpaired) electrons. The maximum atomic E-state index is 12.7. The van der Waals surface area contributed by atoms with Gasteiger partial charge in [0.25, 0.3) is 5.91 Å². The Bertz CT molecular complexity index is 968. The standard InChI is InChI=1S/C23H27ClN2O2S/c1-13-6-9-18(24)19(10-13)28-14(2)21(27)26-22-17(12-25)16-8-7-15(23(3,4)5)11-20(16)29-22/h6,9-10,14-15H,7-8,11H2,1-5H3,(H,26,27)/t14-,15-/m1/s1. The highest BCUT2D eigenvalue weighted by Crippen LogP contribution is 2.44. The Morgan fingerprint density at radius 2 is 2.14 bits per heavy atom. The van der Waals surface area contributed by atoms with Crippen LogP contribution in [0.1, 0.15) is 55.7 Å². The lowest BCUT2D eigenvalue weighted by atomic mass is 9.72. The molecule has 1 heterocycles. The molecule has 29 heavy (non-hydrogen) atoms. The molecule has 0 fully saturated rings. The number of nitriles is 1. The van der Waals surface area contributed by atoms with Crippen molar-refractivity contribution in [2.45, 2.75) is 60.0 Å². The van der Waals surface area contributed by atoms with E-state index in [1.54, 1.807) is 13.0 Å². The fourth-order valence-corrected chi connectivity index (χ4v) is 5.13. The van der Waals surface area contributed by atoms with Crippen molar-refractivity contribution in [1.82, 2.24) is 0 Å². The Morgan fingerprint density at radius 1 is 1.41 bits per heavy atom. The zero-order chi connectivity index (χ0) is 21.3. The third kappa shape index (κ3) is 4.76. The van der Waals surface area contributed by atoms with Crippen LogP contribution in [0.15, 0.2) is 18.2 Å². The van der Waals surface area contributed by atoms with E-state index in [9.17, 15) is 10.1 Å². The highest BCUT2D eigenvalue weighted by molar-refractivity contribution is 7.16. The summed E-state index contributed by atoms with van der Waals surface area (Å²) in [5.41, 5.74) is 2.94. The monoisotopic (exact) mass is 430 g/mol. The van der Waals surface area contributed by atoms with E-state index >= 15 is 0 Å². The second kappa shape index (κ2) is 8.38. The van der Waals surface area contributed by atoms with Gasteiger partial charge in [-0.25, -0.2) is 0 Å². The van der Waals surface area contributed by atoms with Gasteiger partial charge in [0.05, 0.1) is 10.6 Å². The molecule has 1 amide bonds. The van der Waals surface area contributed by atoms with Gasteiger partial charge in [0.1, 0.15) is 16.8 Å². The summed E-state index contributed by atoms with van der Waals surface area (Å²) in [6.07, 6.45) is 2.18. The van der Waals surface area contributed by atoms with Crippen molar-refractivity contribution in [2.75, 3.05) is 5.32 Å². The quantitative estimate of drug-likeness (QED) is 0.633. The number of amides is 1. The van der Waals surface area contributed by atoms with Crippen LogP contribution in [-0.4, -0.2) is 12.0 Å². The van der Waals surface area contributed by atoms with Crippen molar-refractivity contribution in [3.05, 3.63) is 44.8 Å². The number of carbonyl (C=O) groups is 1. The predicted molar refractivity (Wildman–Crippen MR) is 119 cm³/mol. The van der Waals surface area contributed by atoms with Crippen molar-refractivity contribution < 1.29 is 9.53 Å². The van der Waals surface area contributed by atoms with Crippen LogP contribution in [0, 0.1) is 29.6 Å². The minimum absolute atomic E-state index is 0.229. The van der Waals surface area contributed by atoms with Crippen molar-refractivity contribution >= 4 is 33.8 Å². The van der Waals surface area contributed by atoms with Gasteiger partial charge in [-0.1, -0.05) is 38.4 Å². The SMILES string of the molecule is Cc1ccc(Cl)c(O[C@H](C)C(=O)Nc2sc3c(c2C#N)CC[C@@H](C(C)(C)C)C3)c1. The zero-order valence-corrected chi connectivity index (χ0v) is 19.1. The molecule has 1 aromatic heterocycles. The van der Waals surface area contributed by atoms with Crippen LogP contribution in [0.4, 0.5) is 5.00 Å². The third-order valence-corrected chi connectivity index (χ3v) is 7.08. The number of hydrogen-bond donors (Lipinski definition) is 1. The molecular formula is C23H27ClN2O2S. The largest absolute Gasteiger partial charge is 0.479 e. The average molecular weight is 431 g/mol. The maximum Gasteiger partial charge on any atom is 0.265 e. The molecule has 0 bridgehead atoms. The van der Waals surface area contributed by atoms with Crippen molar-refractivity contribution in [2.24, 2.45) is 11.3 Å². The number of halogens is 1. The number of anilines is 1. The highest BCUT2D eigenvalue weighted by Gasteiger charge is 2.32. The molecule has 1 aliphatic carbocycles. The lowest BCUT2D eigenvalue weighted by Crippen LogP contribution is -2.30. The normalized spacial score (nSPS) is 17.2. The first-order chi connectivity index (χ1) is 13.6. The van der Waals surface area contributed by atoms with Crippen LogP contribution in [0.5, 0.6) is 5.75 Å². The summed E-state index contributed by atoms with van der Waals surface area (Å²) in [4.78, 5) is 14.0. The summed E-state index contributed by atoms with van der Waals surface area (Å²) in [6.45, 7) is 10.4. The van der Waals surface area contributed by atoms with Gasteiger partial charge in [0, 0.05) is 4.88 Å². The van der Waals surface area contributed by atoms with Gasteiger partial charge in [-0.2, -0.15) is 5.26 Å². The summed E-state index contributed by atoms with van der Waals surface area (Å²) in [7, 11) is 0. The Hall–Kier alpha value is -2.03. The number of rotatable bonds is 4. The summed E-state index contributed by atoms with van der Waals surface area (Å²) >= 11 is 7.70. The van der Waals surface area contributed by atoms with Gasteiger partial charge in [0.2, 0.25) is 0 Å². The van der Waals surface area contributed by atoms with Crippen LogP contribution in [0.3, 0.4) is 0 Å². The smallest absolute Gasteiger partial charge is 0.265 e. The Balaban J connectivity index is 1.76. The van der Waals surface area contributed by atoms with E-state index in [2.05, 4.69) is 32.2 Å². The third-order valence-electron chi connectivity index (χ3n) is 5.60. The molecule has 1 aliphatic rings. The van der Waals surface area contributed by atoms with Gasteiger partial charge in [0.15, 0.2) is 6.10 Å². The molecular weight excluding hydrogens is 404 g/mol. The molecule has 2 atom stereocenters. The highest BCUT2D eigenvalue weighted by atomic mass is 35.5. The molecule has 1 N–H and O–H groups in total. The fourth-order valence-electron chi connectivity index (χ4n) is 3.69. The molecule has 1 aromatic carbocycles. The number of carbonyl (C=O) groups excluding carboxylic acids is 1. The van der Waals surface area contributed by atoms with E-state index in [0.29, 0.717) is 27.3 Å². The van der Waals surface area contributed by atoms with Gasteiger partial charge >= 0.3 is 0 Å². The molecule has 4 nitrogen and oxygen atoms in total. The van der Waals surface area contributed by atoms with E-state index in [1.807, 2.05) is 19.1 Å². The molecule has 0 saturated carbocycles. The Morgan fingerprint density at radius 3 is 2.79 bits per heavy atom. The first-order valence-electron chi connectivity index (χ1n) is 9.88. The first kappa shape index (κ1) is 21.7. The summed E-state index contributed by atoms with van der Waals surface area (Å²) < 4.78 is 5.77. The van der Waals surface area contributed by atoms with Gasteiger partial charge < -0.3 is 10.1 Å². The molecule has 2 aromatic rings. The van der Waals surface area contributed by atoms with Crippen LogP contribution in [0.25, 0.3) is 0 Å². The first-order valence-corrected chi connectivity index (χ1v) is 11.1. The maximum absolute atomic E-state index is 12.7. The fraction of sp³-hybridized carbons (Fsp3) is 0.478. The number of hydrogen-bond acceptors (Lipinski definition) is 4. The van der Waals surface area contributed by atoms with E-state index in [-0.39, 0.29) is 11.3 Å². The number of aryl methyl sites for hydroxylation is 1. The molecule has 3 rings (SSSR count).